The number of hydrogen-bond donors (Lipinski definition) is 2. The number of ether oxygens (including phenoxy) is 1. The van der Waals surface area contributed by atoms with Crippen molar-refractivity contribution >= 4 is 11.7 Å². The van der Waals surface area contributed by atoms with Gasteiger partial charge in [-0.3, -0.25) is 4.90 Å². The molecule has 2 aromatic rings. The molecule has 29 heavy (non-hydrogen) atoms. The molecule has 2 N–H and O–H groups in total. The standard InChI is InChI=1S/C24H31N3O2/c28-24(26-23-8-4-7-21(15-23)18-29-17-20-9-10-20)25-22-11-13-27(14-12-22)16-19-5-2-1-3-6-19/h1-8,15,20,22H,9-14,16-18H2,(H2,25,26,28). The van der Waals surface area contributed by atoms with Crippen molar-refractivity contribution in [3.8, 4) is 0 Å². The van der Waals surface area contributed by atoms with Gasteiger partial charge in [0.05, 0.1) is 6.61 Å². The number of nitrogens with one attached hydrogen (secondary N) is 2. The number of rotatable bonds is 8. The zero-order chi connectivity index (χ0) is 19.9. The Morgan fingerprint density at radius 2 is 1.72 bits per heavy atom. The quantitative estimate of drug-likeness (QED) is 0.699. The van der Waals surface area contributed by atoms with Crippen LogP contribution in [-0.4, -0.2) is 36.7 Å². The maximum Gasteiger partial charge on any atom is 0.319 e. The normalized spacial score (nSPS) is 17.8. The third-order valence-electron chi connectivity index (χ3n) is 5.68. The molecule has 4 rings (SSSR count). The van der Waals surface area contributed by atoms with Gasteiger partial charge in [-0.15, -0.1) is 0 Å². The van der Waals surface area contributed by atoms with Crippen molar-refractivity contribution in [2.45, 2.75) is 44.9 Å². The Balaban J connectivity index is 1.18. The van der Waals surface area contributed by atoms with Gasteiger partial charge in [-0.2, -0.15) is 0 Å². The molecule has 0 aromatic heterocycles. The Kier molecular flexibility index (Phi) is 6.80. The van der Waals surface area contributed by atoms with Gasteiger partial charge in [0.15, 0.2) is 0 Å². The molecule has 154 valence electrons. The summed E-state index contributed by atoms with van der Waals surface area (Å²) in [4.78, 5) is 14.9. The van der Waals surface area contributed by atoms with E-state index in [9.17, 15) is 4.79 Å². The van der Waals surface area contributed by atoms with Crippen LogP contribution in [0.5, 0.6) is 0 Å². The van der Waals surface area contributed by atoms with E-state index in [0.717, 1.165) is 56.3 Å². The fourth-order valence-electron chi connectivity index (χ4n) is 3.80. The maximum atomic E-state index is 12.4. The van der Waals surface area contributed by atoms with E-state index in [2.05, 4.69) is 45.9 Å². The molecular weight excluding hydrogens is 362 g/mol. The van der Waals surface area contributed by atoms with Gasteiger partial charge in [-0.1, -0.05) is 42.5 Å². The second-order valence-electron chi connectivity index (χ2n) is 8.29. The fraction of sp³-hybridized carbons (Fsp3) is 0.458. The Morgan fingerprint density at radius 3 is 2.48 bits per heavy atom. The predicted octanol–water partition coefficient (Wildman–Crippen LogP) is 4.40. The van der Waals surface area contributed by atoms with Gasteiger partial charge in [0, 0.05) is 38.0 Å². The molecule has 1 saturated carbocycles. The second kappa shape index (κ2) is 9.90. The van der Waals surface area contributed by atoms with E-state index in [1.807, 2.05) is 24.3 Å². The number of likely N-dealkylation sites (tertiary alicyclic amines) is 1. The van der Waals surface area contributed by atoms with E-state index in [4.69, 9.17) is 4.74 Å². The van der Waals surface area contributed by atoms with Crippen molar-refractivity contribution in [1.29, 1.82) is 0 Å². The smallest absolute Gasteiger partial charge is 0.319 e. The van der Waals surface area contributed by atoms with Gasteiger partial charge in [-0.25, -0.2) is 4.79 Å². The largest absolute Gasteiger partial charge is 0.376 e. The summed E-state index contributed by atoms with van der Waals surface area (Å²) in [6, 6.07) is 18.6. The van der Waals surface area contributed by atoms with Crippen LogP contribution in [-0.2, 0) is 17.9 Å². The lowest BCUT2D eigenvalue weighted by molar-refractivity contribution is 0.111. The molecule has 2 fully saturated rings. The van der Waals surface area contributed by atoms with Crippen LogP contribution < -0.4 is 10.6 Å². The first-order valence-electron chi connectivity index (χ1n) is 10.7. The van der Waals surface area contributed by atoms with Crippen LogP contribution in [0.3, 0.4) is 0 Å². The summed E-state index contributed by atoms with van der Waals surface area (Å²) in [5.74, 6) is 0.765. The topological polar surface area (TPSA) is 53.6 Å². The molecule has 0 bridgehead atoms. The number of nitrogens with zero attached hydrogens (tertiary/aromatic N) is 1. The van der Waals surface area contributed by atoms with Gasteiger partial charge < -0.3 is 15.4 Å². The number of urea groups is 1. The Bertz CT molecular complexity index is 784. The summed E-state index contributed by atoms with van der Waals surface area (Å²) < 4.78 is 5.74. The molecule has 0 atom stereocenters. The highest BCUT2D eigenvalue weighted by Gasteiger charge is 2.22. The Hall–Kier alpha value is -2.37. The second-order valence-corrected chi connectivity index (χ2v) is 8.29. The summed E-state index contributed by atoms with van der Waals surface area (Å²) in [5.41, 5.74) is 3.26. The molecule has 1 saturated heterocycles. The summed E-state index contributed by atoms with van der Waals surface area (Å²) in [6.07, 6.45) is 4.56. The number of carbonyl (C=O) groups excluding carboxylic acids is 1. The molecule has 0 unspecified atom stereocenters. The van der Waals surface area contributed by atoms with Gasteiger partial charge >= 0.3 is 6.03 Å². The zero-order valence-corrected chi connectivity index (χ0v) is 17.0. The molecule has 0 spiro atoms. The van der Waals surface area contributed by atoms with Crippen molar-refractivity contribution in [2.24, 2.45) is 5.92 Å². The summed E-state index contributed by atoms with van der Waals surface area (Å²) in [6.45, 7) is 4.45. The van der Waals surface area contributed by atoms with Crippen LogP contribution in [0.25, 0.3) is 0 Å². The van der Waals surface area contributed by atoms with E-state index in [1.54, 1.807) is 0 Å². The minimum atomic E-state index is -0.123. The predicted molar refractivity (Wildman–Crippen MR) is 116 cm³/mol. The molecular formula is C24H31N3O2. The number of amides is 2. The van der Waals surface area contributed by atoms with E-state index < -0.39 is 0 Å². The van der Waals surface area contributed by atoms with Gasteiger partial charge in [0.2, 0.25) is 0 Å². The average Bonchev–Trinajstić information content (AvgIpc) is 3.55. The van der Waals surface area contributed by atoms with E-state index >= 15 is 0 Å². The monoisotopic (exact) mass is 393 g/mol. The van der Waals surface area contributed by atoms with Crippen LogP contribution in [0.1, 0.15) is 36.8 Å². The van der Waals surface area contributed by atoms with E-state index in [0.29, 0.717) is 6.61 Å². The van der Waals surface area contributed by atoms with Crippen molar-refractivity contribution < 1.29 is 9.53 Å². The molecule has 2 aliphatic rings. The van der Waals surface area contributed by atoms with Gasteiger partial charge in [0.25, 0.3) is 0 Å². The first-order valence-corrected chi connectivity index (χ1v) is 10.7. The van der Waals surface area contributed by atoms with Crippen LogP contribution >= 0.6 is 0 Å². The van der Waals surface area contributed by atoms with Crippen LogP contribution in [0.15, 0.2) is 54.6 Å². The molecule has 1 aliphatic heterocycles. The summed E-state index contributed by atoms with van der Waals surface area (Å²) >= 11 is 0. The first kappa shape index (κ1) is 19.9. The first-order chi connectivity index (χ1) is 14.2. The highest BCUT2D eigenvalue weighted by atomic mass is 16.5. The van der Waals surface area contributed by atoms with Crippen molar-refractivity contribution in [1.82, 2.24) is 10.2 Å². The molecule has 5 nitrogen and oxygen atoms in total. The number of benzene rings is 2. The average molecular weight is 394 g/mol. The highest BCUT2D eigenvalue weighted by molar-refractivity contribution is 5.89. The van der Waals surface area contributed by atoms with Gasteiger partial charge in [0.1, 0.15) is 0 Å². The number of carbonyl (C=O) groups is 1. The van der Waals surface area contributed by atoms with Gasteiger partial charge in [-0.05, 0) is 54.9 Å². The SMILES string of the molecule is O=C(Nc1cccc(COCC2CC2)c1)NC1CCN(Cc2ccccc2)CC1. The number of piperidine rings is 1. The lowest BCUT2D eigenvalue weighted by atomic mass is 10.0. The molecule has 5 heteroatoms. The Morgan fingerprint density at radius 1 is 0.966 bits per heavy atom. The lowest BCUT2D eigenvalue weighted by Gasteiger charge is -2.32. The fourth-order valence-corrected chi connectivity index (χ4v) is 3.80. The van der Waals surface area contributed by atoms with Crippen LogP contribution in [0.2, 0.25) is 0 Å². The van der Waals surface area contributed by atoms with Crippen molar-refractivity contribution in [3.05, 3.63) is 65.7 Å². The molecule has 0 radical (unpaired) electrons. The van der Waals surface area contributed by atoms with Crippen LogP contribution in [0.4, 0.5) is 10.5 Å². The molecule has 2 amide bonds. The molecule has 1 heterocycles. The third-order valence-corrected chi connectivity index (χ3v) is 5.68. The number of hydrogen-bond acceptors (Lipinski definition) is 3. The maximum absolute atomic E-state index is 12.4. The van der Waals surface area contributed by atoms with E-state index in [1.165, 1.54) is 18.4 Å². The van der Waals surface area contributed by atoms with Crippen LogP contribution in [0, 0.1) is 5.92 Å². The lowest BCUT2D eigenvalue weighted by Crippen LogP contribution is -2.45. The number of anilines is 1. The molecule has 1 aliphatic carbocycles. The Labute approximate surface area is 173 Å². The minimum absolute atomic E-state index is 0.123. The minimum Gasteiger partial charge on any atom is -0.376 e. The third kappa shape index (κ3) is 6.58. The zero-order valence-electron chi connectivity index (χ0n) is 17.0. The summed E-state index contributed by atoms with van der Waals surface area (Å²) in [7, 11) is 0. The van der Waals surface area contributed by atoms with E-state index in [-0.39, 0.29) is 12.1 Å². The summed E-state index contributed by atoms with van der Waals surface area (Å²) in [5, 5.41) is 6.10. The van der Waals surface area contributed by atoms with Crippen molar-refractivity contribution in [3.63, 3.8) is 0 Å². The molecule has 2 aromatic carbocycles. The highest BCUT2D eigenvalue weighted by Crippen LogP contribution is 2.29. The van der Waals surface area contributed by atoms with Crippen molar-refractivity contribution in [2.75, 3.05) is 25.0 Å².